The highest BCUT2D eigenvalue weighted by Crippen LogP contribution is 2.23. The topological polar surface area (TPSA) is 32.3 Å². The number of amides is 1. The molecule has 1 aromatic carbocycles. The first-order valence-electron chi connectivity index (χ1n) is 8.31. The normalized spacial score (nSPS) is 17.1. The third-order valence-corrected chi connectivity index (χ3v) is 4.27. The maximum atomic E-state index is 12.1. The fourth-order valence-corrected chi connectivity index (χ4v) is 2.87. The number of hydrogen-bond acceptors (Lipinski definition) is 2. The summed E-state index contributed by atoms with van der Waals surface area (Å²) in [6.07, 6.45) is 4.51. The lowest BCUT2D eigenvalue weighted by atomic mass is 9.93. The largest absolute Gasteiger partial charge is 0.342 e. The number of carbonyl (C=O) groups excluding carboxylic acids is 1. The molecule has 0 unspecified atom stereocenters. The van der Waals surface area contributed by atoms with Crippen LogP contribution in [0.3, 0.4) is 0 Å². The number of hydrogen-bond donors (Lipinski definition) is 1. The number of nitrogens with one attached hydrogen (secondary N) is 1. The lowest BCUT2D eigenvalue weighted by Gasteiger charge is -2.31. The van der Waals surface area contributed by atoms with Crippen molar-refractivity contribution >= 4 is 11.5 Å². The van der Waals surface area contributed by atoms with Crippen molar-refractivity contribution in [3.05, 3.63) is 42.0 Å². The summed E-state index contributed by atoms with van der Waals surface area (Å²) in [5.74, 6) is 0.818. The first kappa shape index (κ1) is 16.8. The number of allylic oxidation sites excluding steroid dienone is 2. The van der Waals surface area contributed by atoms with E-state index in [9.17, 15) is 4.79 Å². The van der Waals surface area contributed by atoms with Gasteiger partial charge in [0.1, 0.15) is 0 Å². The van der Waals surface area contributed by atoms with Crippen molar-refractivity contribution in [2.24, 2.45) is 5.92 Å². The Morgan fingerprint density at radius 2 is 1.91 bits per heavy atom. The van der Waals surface area contributed by atoms with Crippen molar-refractivity contribution in [2.75, 3.05) is 19.6 Å². The molecule has 0 radical (unpaired) electrons. The van der Waals surface area contributed by atoms with Gasteiger partial charge in [0.05, 0.1) is 6.54 Å². The molecule has 0 aliphatic carbocycles. The molecule has 1 amide bonds. The van der Waals surface area contributed by atoms with Crippen LogP contribution in [-0.4, -0.2) is 36.5 Å². The molecule has 3 nitrogen and oxygen atoms in total. The number of piperidine rings is 1. The third kappa shape index (κ3) is 4.99. The van der Waals surface area contributed by atoms with Gasteiger partial charge in [-0.05, 0) is 36.8 Å². The highest BCUT2D eigenvalue weighted by molar-refractivity contribution is 5.78. The van der Waals surface area contributed by atoms with Gasteiger partial charge in [0.15, 0.2) is 0 Å². The summed E-state index contributed by atoms with van der Waals surface area (Å²) in [5, 5.41) is 3.20. The molecule has 0 spiro atoms. The van der Waals surface area contributed by atoms with Crippen molar-refractivity contribution in [3.63, 3.8) is 0 Å². The molecule has 1 saturated heterocycles. The molecule has 22 heavy (non-hydrogen) atoms. The van der Waals surface area contributed by atoms with Crippen LogP contribution in [0, 0.1) is 5.92 Å². The summed E-state index contributed by atoms with van der Waals surface area (Å²) in [6, 6.07) is 10.9. The molecule has 1 aliphatic heterocycles. The van der Waals surface area contributed by atoms with Gasteiger partial charge in [0.25, 0.3) is 0 Å². The van der Waals surface area contributed by atoms with Gasteiger partial charge >= 0.3 is 0 Å². The molecule has 1 aromatic rings. The molecule has 1 heterocycles. The molecule has 0 saturated carbocycles. The standard InChI is InChI=1S/C19H28N2O/c1-15(2)20-14-19(22)21-11-9-17(10-12-21)13-16(3)18-7-5-4-6-8-18/h4-8,13,15,17,20H,9-12,14H2,1-3H3/b16-13+. The minimum atomic E-state index is 0.232. The van der Waals surface area contributed by atoms with Crippen molar-refractivity contribution in [1.82, 2.24) is 10.2 Å². The maximum Gasteiger partial charge on any atom is 0.236 e. The minimum absolute atomic E-state index is 0.232. The Kier molecular flexibility index (Phi) is 6.20. The number of nitrogens with zero attached hydrogens (tertiary/aromatic N) is 1. The zero-order valence-electron chi connectivity index (χ0n) is 14.0. The van der Waals surface area contributed by atoms with Crippen LogP contribution < -0.4 is 5.32 Å². The van der Waals surface area contributed by atoms with E-state index in [0.717, 1.165) is 25.9 Å². The van der Waals surface area contributed by atoms with Crippen LogP contribution >= 0.6 is 0 Å². The quantitative estimate of drug-likeness (QED) is 0.904. The second-order valence-corrected chi connectivity index (χ2v) is 6.47. The van der Waals surface area contributed by atoms with E-state index in [1.165, 1.54) is 11.1 Å². The minimum Gasteiger partial charge on any atom is -0.342 e. The smallest absolute Gasteiger partial charge is 0.236 e. The van der Waals surface area contributed by atoms with Gasteiger partial charge < -0.3 is 10.2 Å². The Morgan fingerprint density at radius 1 is 1.27 bits per heavy atom. The Morgan fingerprint density at radius 3 is 2.50 bits per heavy atom. The summed E-state index contributed by atoms with van der Waals surface area (Å²) < 4.78 is 0. The first-order valence-corrected chi connectivity index (χ1v) is 8.31. The molecule has 0 bridgehead atoms. The van der Waals surface area contributed by atoms with Gasteiger partial charge in [0, 0.05) is 19.1 Å². The molecular weight excluding hydrogens is 272 g/mol. The summed E-state index contributed by atoms with van der Waals surface area (Å²) in [4.78, 5) is 14.1. The molecule has 1 N–H and O–H groups in total. The van der Waals surface area contributed by atoms with E-state index in [1.807, 2.05) is 11.0 Å². The summed E-state index contributed by atoms with van der Waals surface area (Å²) in [7, 11) is 0. The molecule has 3 heteroatoms. The fourth-order valence-electron chi connectivity index (χ4n) is 2.87. The second kappa shape index (κ2) is 8.14. The SMILES string of the molecule is C/C(=C\C1CCN(C(=O)CNC(C)C)CC1)c1ccccc1. The van der Waals surface area contributed by atoms with E-state index in [1.54, 1.807) is 0 Å². The lowest BCUT2D eigenvalue weighted by Crippen LogP contribution is -2.43. The third-order valence-electron chi connectivity index (χ3n) is 4.27. The average molecular weight is 300 g/mol. The zero-order valence-corrected chi connectivity index (χ0v) is 14.0. The lowest BCUT2D eigenvalue weighted by molar-refractivity contribution is -0.131. The van der Waals surface area contributed by atoms with E-state index in [4.69, 9.17) is 0 Å². The Balaban J connectivity index is 1.83. The van der Waals surface area contributed by atoms with Crippen LogP contribution in [0.2, 0.25) is 0 Å². The highest BCUT2D eigenvalue weighted by atomic mass is 16.2. The Hall–Kier alpha value is -1.61. The van der Waals surface area contributed by atoms with E-state index in [0.29, 0.717) is 18.5 Å². The van der Waals surface area contributed by atoms with E-state index >= 15 is 0 Å². The van der Waals surface area contributed by atoms with Crippen LogP contribution in [0.5, 0.6) is 0 Å². The van der Waals surface area contributed by atoms with Crippen molar-refractivity contribution < 1.29 is 4.79 Å². The number of benzene rings is 1. The van der Waals surface area contributed by atoms with Gasteiger partial charge in [0.2, 0.25) is 5.91 Å². The summed E-state index contributed by atoms with van der Waals surface area (Å²) in [5.41, 5.74) is 2.63. The first-order chi connectivity index (χ1) is 10.6. The number of rotatable bonds is 5. The van der Waals surface area contributed by atoms with Crippen LogP contribution in [0.15, 0.2) is 36.4 Å². The molecule has 0 atom stereocenters. The number of carbonyl (C=O) groups is 1. The van der Waals surface area contributed by atoms with Gasteiger partial charge in [-0.25, -0.2) is 0 Å². The van der Waals surface area contributed by atoms with Crippen LogP contribution in [0.25, 0.3) is 5.57 Å². The van der Waals surface area contributed by atoms with E-state index in [-0.39, 0.29) is 5.91 Å². The average Bonchev–Trinajstić information content (AvgIpc) is 2.54. The van der Waals surface area contributed by atoms with Gasteiger partial charge in [-0.1, -0.05) is 50.3 Å². The zero-order chi connectivity index (χ0) is 15.9. The van der Waals surface area contributed by atoms with Crippen molar-refractivity contribution in [2.45, 2.75) is 39.7 Å². The Labute approximate surface area is 134 Å². The molecule has 1 fully saturated rings. The van der Waals surface area contributed by atoms with Crippen LogP contribution in [0.4, 0.5) is 0 Å². The predicted molar refractivity (Wildman–Crippen MR) is 92.5 cm³/mol. The van der Waals surface area contributed by atoms with Gasteiger partial charge in [-0.2, -0.15) is 0 Å². The molecular formula is C19H28N2O. The van der Waals surface area contributed by atoms with Gasteiger partial charge in [-0.15, -0.1) is 0 Å². The fraction of sp³-hybridized carbons (Fsp3) is 0.526. The molecule has 120 valence electrons. The maximum absolute atomic E-state index is 12.1. The number of likely N-dealkylation sites (tertiary alicyclic amines) is 1. The van der Waals surface area contributed by atoms with Crippen molar-refractivity contribution in [3.8, 4) is 0 Å². The predicted octanol–water partition coefficient (Wildman–Crippen LogP) is 3.33. The van der Waals surface area contributed by atoms with E-state index in [2.05, 4.69) is 56.4 Å². The molecule has 2 rings (SSSR count). The second-order valence-electron chi connectivity index (χ2n) is 6.47. The molecule has 1 aliphatic rings. The summed E-state index contributed by atoms with van der Waals surface area (Å²) in [6.45, 7) is 8.53. The Bertz CT molecular complexity index is 499. The van der Waals surface area contributed by atoms with Gasteiger partial charge in [-0.3, -0.25) is 4.79 Å². The highest BCUT2D eigenvalue weighted by Gasteiger charge is 2.21. The molecule has 0 aromatic heterocycles. The van der Waals surface area contributed by atoms with E-state index < -0.39 is 0 Å². The van der Waals surface area contributed by atoms with Crippen LogP contribution in [0.1, 0.15) is 39.2 Å². The van der Waals surface area contributed by atoms with Crippen molar-refractivity contribution in [1.29, 1.82) is 0 Å². The summed E-state index contributed by atoms with van der Waals surface area (Å²) >= 11 is 0. The monoisotopic (exact) mass is 300 g/mol. The van der Waals surface area contributed by atoms with Crippen LogP contribution in [-0.2, 0) is 4.79 Å².